The Morgan fingerprint density at radius 2 is 1.78 bits per heavy atom. The highest BCUT2D eigenvalue weighted by atomic mass is 32.2. The number of carboxylic acid groups (broad SMARTS) is 1. The Morgan fingerprint density at radius 3 is 2.11 bits per heavy atom. The summed E-state index contributed by atoms with van der Waals surface area (Å²) in [6, 6.07) is 8.30. The fourth-order valence-electron chi connectivity index (χ4n) is 1.13. The molecule has 0 aliphatic carbocycles. The minimum atomic E-state index is -3.20. The van der Waals surface area contributed by atoms with E-state index < -0.39 is 16.0 Å². The van der Waals surface area contributed by atoms with Gasteiger partial charge in [-0.25, -0.2) is 18.4 Å². The maximum Gasteiger partial charge on any atom is 0.335 e. The first-order chi connectivity index (χ1) is 8.37. The highest BCUT2D eigenvalue weighted by molar-refractivity contribution is 7.89. The van der Waals surface area contributed by atoms with Crippen LogP contribution in [-0.2, 0) is 10.0 Å². The van der Waals surface area contributed by atoms with Crippen molar-refractivity contribution in [1.29, 1.82) is 0 Å². The van der Waals surface area contributed by atoms with Gasteiger partial charge in [0.05, 0.1) is 11.3 Å². The summed E-state index contributed by atoms with van der Waals surface area (Å²) < 4.78 is 20.6. The molecule has 0 spiro atoms. The third-order valence-electron chi connectivity index (χ3n) is 2.05. The molecule has 0 unspecified atom stereocenters. The zero-order valence-corrected chi connectivity index (χ0v) is 11.2. The molecule has 0 fully saturated rings. The lowest BCUT2D eigenvalue weighted by Crippen LogP contribution is -2.16. The molecule has 0 radical (unpaired) electrons. The van der Waals surface area contributed by atoms with E-state index in [9.17, 15) is 13.2 Å². The second-order valence-electron chi connectivity index (χ2n) is 3.75. The van der Waals surface area contributed by atoms with E-state index in [2.05, 4.69) is 0 Å². The molecule has 6 heteroatoms. The number of nitrogens with two attached hydrogens (primary N) is 1. The Balaban J connectivity index is 0.000000321. The second-order valence-corrected chi connectivity index (χ2v) is 5.48. The largest absolute Gasteiger partial charge is 0.478 e. The molecule has 0 aliphatic heterocycles. The van der Waals surface area contributed by atoms with Crippen molar-refractivity contribution in [1.82, 2.24) is 0 Å². The van der Waals surface area contributed by atoms with Crippen LogP contribution in [0.25, 0.3) is 0 Å². The number of unbranched alkanes of at least 4 members (excludes halogenated alkanes) is 2. The maximum atomic E-state index is 10.3. The van der Waals surface area contributed by atoms with Gasteiger partial charge >= 0.3 is 5.97 Å². The molecule has 18 heavy (non-hydrogen) atoms. The van der Waals surface area contributed by atoms with Gasteiger partial charge in [-0.1, -0.05) is 38.0 Å². The summed E-state index contributed by atoms with van der Waals surface area (Å²) in [5.41, 5.74) is 0.331. The van der Waals surface area contributed by atoms with Crippen molar-refractivity contribution in [3.63, 3.8) is 0 Å². The van der Waals surface area contributed by atoms with E-state index in [1.165, 1.54) is 0 Å². The number of rotatable bonds is 5. The van der Waals surface area contributed by atoms with Gasteiger partial charge in [0.1, 0.15) is 0 Å². The molecular formula is C12H19NO4S. The van der Waals surface area contributed by atoms with E-state index in [1.54, 1.807) is 30.3 Å². The molecule has 0 saturated heterocycles. The molecule has 0 amide bonds. The summed E-state index contributed by atoms with van der Waals surface area (Å²) in [5.74, 6) is -0.753. The maximum absolute atomic E-state index is 10.3. The zero-order chi connectivity index (χ0) is 14.0. The van der Waals surface area contributed by atoms with E-state index in [0.29, 0.717) is 12.0 Å². The molecule has 1 aromatic carbocycles. The number of primary sulfonamides is 1. The normalized spacial score (nSPS) is 10.3. The molecule has 0 heterocycles. The lowest BCUT2D eigenvalue weighted by molar-refractivity contribution is 0.0697. The summed E-state index contributed by atoms with van der Waals surface area (Å²) >= 11 is 0. The Kier molecular flexibility index (Phi) is 7.98. The van der Waals surface area contributed by atoms with Crippen LogP contribution in [0.4, 0.5) is 0 Å². The van der Waals surface area contributed by atoms with Crippen LogP contribution in [0.2, 0.25) is 0 Å². The van der Waals surface area contributed by atoms with Crippen LogP contribution in [0.3, 0.4) is 0 Å². The summed E-state index contributed by atoms with van der Waals surface area (Å²) in [5, 5.41) is 13.1. The predicted octanol–water partition coefficient (Wildman–Crippen LogP) is 1.85. The van der Waals surface area contributed by atoms with Crippen molar-refractivity contribution in [2.75, 3.05) is 5.75 Å². The molecule has 3 N–H and O–H groups in total. The van der Waals surface area contributed by atoms with Gasteiger partial charge in [0.15, 0.2) is 0 Å². The highest BCUT2D eigenvalue weighted by Crippen LogP contribution is 1.96. The fraction of sp³-hybridized carbons (Fsp3) is 0.417. The monoisotopic (exact) mass is 273 g/mol. The minimum absolute atomic E-state index is 0.126. The molecule has 0 aliphatic rings. The summed E-state index contributed by atoms with van der Waals surface area (Å²) in [6.07, 6.45) is 2.65. The smallest absolute Gasteiger partial charge is 0.335 e. The predicted molar refractivity (Wildman–Crippen MR) is 70.9 cm³/mol. The van der Waals surface area contributed by atoms with Crippen LogP contribution in [0, 0.1) is 0 Å². The fourth-order valence-corrected chi connectivity index (χ4v) is 1.74. The number of aromatic carboxylic acids is 1. The van der Waals surface area contributed by atoms with E-state index in [0.717, 1.165) is 12.8 Å². The first-order valence-corrected chi connectivity index (χ1v) is 7.37. The van der Waals surface area contributed by atoms with Crippen LogP contribution in [0.15, 0.2) is 30.3 Å². The van der Waals surface area contributed by atoms with Gasteiger partial charge in [0.25, 0.3) is 0 Å². The number of carbonyl (C=O) groups is 1. The minimum Gasteiger partial charge on any atom is -0.478 e. The SMILES string of the molecule is CCCCCS(N)(=O)=O.O=C(O)c1ccccc1. The van der Waals surface area contributed by atoms with Crippen LogP contribution in [0.1, 0.15) is 36.5 Å². The number of sulfonamides is 1. The average molecular weight is 273 g/mol. The number of hydrogen-bond acceptors (Lipinski definition) is 3. The molecule has 1 aromatic rings. The van der Waals surface area contributed by atoms with Gasteiger partial charge < -0.3 is 5.11 Å². The molecule has 1 rings (SSSR count). The summed E-state index contributed by atoms with van der Waals surface area (Å²) in [4.78, 5) is 10.2. The zero-order valence-electron chi connectivity index (χ0n) is 10.4. The molecule has 0 aromatic heterocycles. The molecule has 0 saturated carbocycles. The highest BCUT2D eigenvalue weighted by Gasteiger charge is 1.99. The quantitative estimate of drug-likeness (QED) is 0.800. The van der Waals surface area contributed by atoms with Crippen LogP contribution >= 0.6 is 0 Å². The van der Waals surface area contributed by atoms with E-state index in [-0.39, 0.29) is 5.75 Å². The van der Waals surface area contributed by atoms with Gasteiger partial charge in [-0.3, -0.25) is 0 Å². The van der Waals surface area contributed by atoms with Crippen molar-refractivity contribution >= 4 is 16.0 Å². The van der Waals surface area contributed by atoms with Crippen molar-refractivity contribution in [3.8, 4) is 0 Å². The molecule has 0 bridgehead atoms. The van der Waals surface area contributed by atoms with E-state index in [1.807, 2.05) is 6.92 Å². The van der Waals surface area contributed by atoms with Crippen LogP contribution < -0.4 is 5.14 Å². The van der Waals surface area contributed by atoms with Gasteiger partial charge in [-0.2, -0.15) is 0 Å². The van der Waals surface area contributed by atoms with Crippen molar-refractivity contribution < 1.29 is 18.3 Å². The average Bonchev–Trinajstić information content (AvgIpc) is 2.30. The third-order valence-corrected chi connectivity index (χ3v) is 2.91. The van der Waals surface area contributed by atoms with Gasteiger partial charge in [0, 0.05) is 0 Å². The van der Waals surface area contributed by atoms with E-state index >= 15 is 0 Å². The van der Waals surface area contributed by atoms with Crippen LogP contribution in [-0.4, -0.2) is 25.2 Å². The molecule has 5 nitrogen and oxygen atoms in total. The Morgan fingerprint density at radius 1 is 1.22 bits per heavy atom. The standard InChI is InChI=1S/C7H6O2.C5H13NO2S/c8-7(9)6-4-2-1-3-5-6;1-2-3-4-5-9(6,7)8/h1-5H,(H,8,9);2-5H2,1H3,(H2,6,7,8). The Hall–Kier alpha value is -1.40. The van der Waals surface area contributed by atoms with Gasteiger partial charge in [-0.05, 0) is 18.6 Å². The van der Waals surface area contributed by atoms with Gasteiger partial charge in [-0.15, -0.1) is 0 Å². The first kappa shape index (κ1) is 16.6. The Bertz CT molecular complexity index is 442. The number of carboxylic acids is 1. The topological polar surface area (TPSA) is 97.5 Å². The number of hydrogen-bond donors (Lipinski definition) is 2. The van der Waals surface area contributed by atoms with Gasteiger partial charge in [0.2, 0.25) is 10.0 Å². The lowest BCUT2D eigenvalue weighted by Gasteiger charge is -1.94. The number of benzene rings is 1. The summed E-state index contributed by atoms with van der Waals surface area (Å²) in [6.45, 7) is 2.02. The van der Waals surface area contributed by atoms with Crippen molar-refractivity contribution in [2.45, 2.75) is 26.2 Å². The first-order valence-electron chi connectivity index (χ1n) is 5.65. The summed E-state index contributed by atoms with van der Waals surface area (Å²) in [7, 11) is -3.20. The van der Waals surface area contributed by atoms with Crippen LogP contribution in [0.5, 0.6) is 0 Å². The molecular weight excluding hydrogens is 254 g/mol. The second kappa shape index (κ2) is 8.66. The Labute approximate surface area is 108 Å². The molecule has 0 atom stereocenters. The third kappa shape index (κ3) is 9.80. The van der Waals surface area contributed by atoms with Crippen molar-refractivity contribution in [3.05, 3.63) is 35.9 Å². The van der Waals surface area contributed by atoms with E-state index in [4.69, 9.17) is 10.2 Å². The lowest BCUT2D eigenvalue weighted by atomic mass is 10.2. The van der Waals surface area contributed by atoms with Crippen molar-refractivity contribution in [2.24, 2.45) is 5.14 Å². The molecule has 102 valence electrons.